The molecule has 6 rings (SSSR count). The van der Waals surface area contributed by atoms with Crippen LogP contribution in [0.4, 0.5) is 4.79 Å². The molecule has 2 aromatic carbocycles. The van der Waals surface area contributed by atoms with Crippen LogP contribution in [-0.2, 0) is 11.2 Å². The summed E-state index contributed by atoms with van der Waals surface area (Å²) in [5.41, 5.74) is 3.10. The van der Waals surface area contributed by atoms with Crippen molar-refractivity contribution < 1.29 is 14.3 Å². The van der Waals surface area contributed by atoms with Gasteiger partial charge in [0.2, 0.25) is 0 Å². The van der Waals surface area contributed by atoms with Crippen LogP contribution in [0.15, 0.2) is 48.5 Å². The molecule has 194 valence electrons. The van der Waals surface area contributed by atoms with Gasteiger partial charge in [-0.25, -0.2) is 4.79 Å². The number of likely N-dealkylation sites (N-methyl/N-ethyl adjacent to an activating group) is 1. The summed E-state index contributed by atoms with van der Waals surface area (Å²) in [5.74, 6) is 0.705. The number of H-pyrrole nitrogens is 1. The van der Waals surface area contributed by atoms with Gasteiger partial charge in [-0.2, -0.15) is 0 Å². The van der Waals surface area contributed by atoms with Gasteiger partial charge >= 0.3 is 6.03 Å². The minimum atomic E-state index is -0.955. The standard InChI is InChI=1S/C29H35N5O3/c1-4-37-21-10-11-24-22(18-21)23-19-29(2)27(35)33(17-16-32-14-12-31(3)13-15-32)28(36)34(29)26(25(23)30-24)20-8-6-5-7-9-20/h5-11,18,26,30H,4,12-17,19H2,1-3H3/t26-,29+/m1/s1. The van der Waals surface area contributed by atoms with Crippen LogP contribution in [0.3, 0.4) is 0 Å². The van der Waals surface area contributed by atoms with Crippen molar-refractivity contribution in [1.29, 1.82) is 0 Å². The summed E-state index contributed by atoms with van der Waals surface area (Å²) in [6.07, 6.45) is 0.469. The van der Waals surface area contributed by atoms with Crippen molar-refractivity contribution in [3.8, 4) is 5.75 Å². The van der Waals surface area contributed by atoms with Gasteiger partial charge in [-0.1, -0.05) is 30.3 Å². The lowest BCUT2D eigenvalue weighted by atomic mass is 9.81. The summed E-state index contributed by atoms with van der Waals surface area (Å²) in [5, 5.41) is 1.05. The predicted octanol–water partition coefficient (Wildman–Crippen LogP) is 3.48. The average Bonchev–Trinajstić information content (AvgIpc) is 3.34. The number of piperazine rings is 1. The zero-order valence-electron chi connectivity index (χ0n) is 21.9. The second-order valence-electron chi connectivity index (χ2n) is 10.7. The molecule has 3 aliphatic rings. The molecule has 0 spiro atoms. The molecule has 37 heavy (non-hydrogen) atoms. The number of fused-ring (bicyclic) bond motifs is 4. The maximum atomic E-state index is 14.0. The van der Waals surface area contributed by atoms with E-state index in [9.17, 15) is 9.59 Å². The minimum Gasteiger partial charge on any atom is -0.494 e. The van der Waals surface area contributed by atoms with Gasteiger partial charge in [0.25, 0.3) is 5.91 Å². The molecule has 0 unspecified atom stereocenters. The Morgan fingerprint density at radius 3 is 2.51 bits per heavy atom. The first kappa shape index (κ1) is 24.0. The van der Waals surface area contributed by atoms with Crippen LogP contribution >= 0.6 is 0 Å². The second-order valence-corrected chi connectivity index (χ2v) is 10.7. The van der Waals surface area contributed by atoms with Crippen LogP contribution in [0.5, 0.6) is 5.75 Å². The minimum absolute atomic E-state index is 0.103. The van der Waals surface area contributed by atoms with E-state index in [2.05, 4.69) is 27.9 Å². The van der Waals surface area contributed by atoms with Crippen molar-refractivity contribution >= 4 is 22.8 Å². The lowest BCUT2D eigenvalue weighted by molar-refractivity contribution is -0.133. The Balaban J connectivity index is 1.39. The Bertz CT molecular complexity index is 1330. The first-order valence-corrected chi connectivity index (χ1v) is 13.3. The van der Waals surface area contributed by atoms with Gasteiger partial charge in [0.05, 0.1) is 6.61 Å². The number of urea groups is 1. The van der Waals surface area contributed by atoms with Crippen LogP contribution in [0, 0.1) is 0 Å². The van der Waals surface area contributed by atoms with Gasteiger partial charge in [-0.05, 0) is 50.2 Å². The quantitative estimate of drug-likeness (QED) is 0.524. The lowest BCUT2D eigenvalue weighted by Gasteiger charge is -2.42. The number of rotatable bonds is 6. The lowest BCUT2D eigenvalue weighted by Crippen LogP contribution is -2.53. The van der Waals surface area contributed by atoms with Gasteiger partial charge in [0.15, 0.2) is 0 Å². The smallest absolute Gasteiger partial charge is 0.328 e. The summed E-state index contributed by atoms with van der Waals surface area (Å²) in [6, 6.07) is 15.5. The van der Waals surface area contributed by atoms with E-state index < -0.39 is 5.54 Å². The third-order valence-corrected chi connectivity index (χ3v) is 8.30. The zero-order chi connectivity index (χ0) is 25.7. The fourth-order valence-corrected chi connectivity index (χ4v) is 6.24. The molecule has 1 N–H and O–H groups in total. The largest absolute Gasteiger partial charge is 0.494 e. The summed E-state index contributed by atoms with van der Waals surface area (Å²) in [4.78, 5) is 39.6. The number of aromatic nitrogens is 1. The first-order chi connectivity index (χ1) is 17.9. The Morgan fingerprint density at radius 2 is 1.78 bits per heavy atom. The number of nitrogens with zero attached hydrogens (tertiary/aromatic N) is 4. The number of aromatic amines is 1. The number of hydrogen-bond donors (Lipinski definition) is 1. The van der Waals surface area contributed by atoms with Gasteiger partial charge in [0.1, 0.15) is 17.3 Å². The Kier molecular flexibility index (Phi) is 5.96. The number of amides is 3. The molecular weight excluding hydrogens is 466 g/mol. The van der Waals surface area contributed by atoms with Crippen molar-refractivity contribution in [2.45, 2.75) is 31.8 Å². The van der Waals surface area contributed by atoms with E-state index in [-0.39, 0.29) is 18.0 Å². The van der Waals surface area contributed by atoms with Crippen LogP contribution in [0.1, 0.15) is 36.7 Å². The molecule has 2 saturated heterocycles. The molecule has 3 amide bonds. The number of benzene rings is 2. The van der Waals surface area contributed by atoms with Crippen molar-refractivity contribution in [2.24, 2.45) is 0 Å². The van der Waals surface area contributed by atoms with Crippen molar-refractivity contribution in [3.05, 3.63) is 65.4 Å². The third-order valence-electron chi connectivity index (χ3n) is 8.30. The first-order valence-electron chi connectivity index (χ1n) is 13.3. The molecule has 3 aliphatic heterocycles. The van der Waals surface area contributed by atoms with E-state index in [1.165, 1.54) is 4.90 Å². The van der Waals surface area contributed by atoms with Gasteiger partial charge in [-0.15, -0.1) is 0 Å². The van der Waals surface area contributed by atoms with Crippen molar-refractivity contribution in [3.63, 3.8) is 0 Å². The average molecular weight is 502 g/mol. The zero-order valence-corrected chi connectivity index (χ0v) is 21.9. The summed E-state index contributed by atoms with van der Waals surface area (Å²) >= 11 is 0. The highest BCUT2D eigenvalue weighted by molar-refractivity contribution is 6.08. The van der Waals surface area contributed by atoms with E-state index in [1.807, 2.05) is 61.2 Å². The molecule has 4 heterocycles. The van der Waals surface area contributed by atoms with Crippen LogP contribution < -0.4 is 4.74 Å². The normalized spacial score (nSPS) is 24.6. The number of nitrogens with one attached hydrogen (secondary N) is 1. The second kappa shape index (κ2) is 9.19. The molecule has 0 radical (unpaired) electrons. The SMILES string of the molecule is CCOc1ccc2[nH]c3c(c2c1)C[C@@]1(C)C(=O)N(CCN2CCN(C)CC2)C(=O)N1[C@@H]3c1ccccc1. The summed E-state index contributed by atoms with van der Waals surface area (Å²) in [6.45, 7) is 9.55. The fraction of sp³-hybridized carbons (Fsp3) is 0.448. The van der Waals surface area contributed by atoms with E-state index in [4.69, 9.17) is 4.74 Å². The molecule has 0 bridgehead atoms. The molecule has 0 saturated carbocycles. The molecule has 1 aromatic heterocycles. The highest BCUT2D eigenvalue weighted by Gasteiger charge is 2.60. The van der Waals surface area contributed by atoms with Crippen LogP contribution in [-0.4, -0.2) is 95.0 Å². The van der Waals surface area contributed by atoms with Crippen LogP contribution in [0.2, 0.25) is 0 Å². The third kappa shape index (κ3) is 3.90. The molecule has 2 atom stereocenters. The van der Waals surface area contributed by atoms with E-state index in [1.54, 1.807) is 0 Å². The highest BCUT2D eigenvalue weighted by Crippen LogP contribution is 2.48. The number of ether oxygens (including phenoxy) is 1. The fourth-order valence-electron chi connectivity index (χ4n) is 6.24. The number of imide groups is 1. The molecular formula is C29H35N5O3. The van der Waals surface area contributed by atoms with E-state index >= 15 is 0 Å². The van der Waals surface area contributed by atoms with Gasteiger partial charge < -0.3 is 14.6 Å². The van der Waals surface area contributed by atoms with Crippen molar-refractivity contribution in [1.82, 2.24) is 24.6 Å². The molecule has 0 aliphatic carbocycles. The maximum absolute atomic E-state index is 14.0. The molecule has 2 fully saturated rings. The van der Waals surface area contributed by atoms with Crippen LogP contribution in [0.25, 0.3) is 10.9 Å². The topological polar surface area (TPSA) is 72.1 Å². The van der Waals surface area contributed by atoms with Gasteiger partial charge in [-0.3, -0.25) is 19.5 Å². The van der Waals surface area contributed by atoms with E-state index in [0.717, 1.165) is 59.7 Å². The van der Waals surface area contributed by atoms with E-state index in [0.29, 0.717) is 26.1 Å². The Labute approximate surface area is 217 Å². The Morgan fingerprint density at radius 1 is 1.03 bits per heavy atom. The summed E-state index contributed by atoms with van der Waals surface area (Å²) < 4.78 is 5.79. The van der Waals surface area contributed by atoms with Crippen molar-refractivity contribution in [2.75, 3.05) is 52.9 Å². The number of hydrogen-bond acceptors (Lipinski definition) is 5. The predicted molar refractivity (Wildman–Crippen MR) is 143 cm³/mol. The monoisotopic (exact) mass is 501 g/mol. The Hall–Kier alpha value is -3.36. The summed E-state index contributed by atoms with van der Waals surface area (Å²) in [7, 11) is 2.13. The van der Waals surface area contributed by atoms with Gasteiger partial charge in [0, 0.05) is 62.3 Å². The number of carbonyl (C=O) groups excluding carboxylic acids is 2. The highest BCUT2D eigenvalue weighted by atomic mass is 16.5. The maximum Gasteiger partial charge on any atom is 0.328 e. The molecule has 8 nitrogen and oxygen atoms in total. The molecule has 3 aromatic rings. The molecule has 8 heteroatoms. The number of carbonyl (C=O) groups is 2.